The van der Waals surface area contributed by atoms with Crippen LogP contribution in [0.2, 0.25) is 0 Å². The van der Waals surface area contributed by atoms with Gasteiger partial charge in [0.2, 0.25) is 11.8 Å². The van der Waals surface area contributed by atoms with Crippen LogP contribution >= 0.6 is 0 Å². The molecule has 0 aliphatic carbocycles. The van der Waals surface area contributed by atoms with Crippen molar-refractivity contribution in [3.63, 3.8) is 0 Å². The number of aromatic nitrogens is 1. The van der Waals surface area contributed by atoms with Gasteiger partial charge in [0.1, 0.15) is 11.9 Å². The molecule has 92 valence electrons. The molecule has 1 fully saturated rings. The summed E-state index contributed by atoms with van der Waals surface area (Å²) in [5.74, 6) is -0.838. The van der Waals surface area contributed by atoms with Crippen LogP contribution in [0.15, 0.2) is 30.6 Å². The van der Waals surface area contributed by atoms with Gasteiger partial charge in [-0.25, -0.2) is 4.39 Å². The fourth-order valence-electron chi connectivity index (χ4n) is 2.28. The van der Waals surface area contributed by atoms with Crippen LogP contribution in [0.3, 0.4) is 0 Å². The fraction of sp³-hybridized carbons (Fsp3) is 0.231. The van der Waals surface area contributed by atoms with Gasteiger partial charge in [0.05, 0.1) is 0 Å². The number of carbonyl (C=O) groups excluding carboxylic acids is 2. The molecule has 1 aromatic carbocycles. The summed E-state index contributed by atoms with van der Waals surface area (Å²) in [5, 5.41) is 3.94. The smallest absolute Gasteiger partial charge is 0.249 e. The highest BCUT2D eigenvalue weighted by molar-refractivity contribution is 5.99. The van der Waals surface area contributed by atoms with Crippen molar-refractivity contribution in [2.45, 2.75) is 18.9 Å². The number of amides is 2. The summed E-state index contributed by atoms with van der Waals surface area (Å²) < 4.78 is 14.8. The van der Waals surface area contributed by atoms with E-state index in [0.717, 1.165) is 10.8 Å². The van der Waals surface area contributed by atoms with Crippen molar-refractivity contribution in [1.29, 1.82) is 0 Å². The topological polar surface area (TPSA) is 51.1 Å². The van der Waals surface area contributed by atoms with E-state index in [-0.39, 0.29) is 17.6 Å². The van der Waals surface area contributed by atoms with Gasteiger partial charge in [-0.2, -0.15) is 0 Å². The molecule has 2 aromatic rings. The van der Waals surface area contributed by atoms with Crippen molar-refractivity contribution < 1.29 is 14.0 Å². The molecule has 1 saturated heterocycles. The van der Waals surface area contributed by atoms with Crippen molar-refractivity contribution in [3.05, 3.63) is 36.4 Å². The number of fused-ring (bicyclic) bond motifs is 1. The molecule has 1 aliphatic heterocycles. The number of imide groups is 1. The highest BCUT2D eigenvalue weighted by Crippen LogP contribution is 2.24. The van der Waals surface area contributed by atoms with E-state index in [9.17, 15) is 14.0 Å². The Balaban J connectivity index is 1.99. The summed E-state index contributed by atoms with van der Waals surface area (Å²) in [6.07, 6.45) is 4.35. The minimum Gasteiger partial charge on any atom is -0.341 e. The van der Waals surface area contributed by atoms with Gasteiger partial charge in [-0.15, -0.1) is 0 Å². The second-order valence-corrected chi connectivity index (χ2v) is 4.45. The average molecular weight is 246 g/mol. The van der Waals surface area contributed by atoms with E-state index in [1.165, 1.54) is 12.1 Å². The number of carbonyl (C=O) groups is 2. The van der Waals surface area contributed by atoms with Gasteiger partial charge in [0.15, 0.2) is 0 Å². The van der Waals surface area contributed by atoms with Crippen molar-refractivity contribution in [3.8, 4) is 0 Å². The number of nitrogens with zero attached hydrogens (tertiary/aromatic N) is 1. The molecule has 1 aliphatic rings. The zero-order chi connectivity index (χ0) is 12.7. The minimum atomic E-state index is -0.391. The third-order valence-electron chi connectivity index (χ3n) is 3.20. The van der Waals surface area contributed by atoms with Gasteiger partial charge >= 0.3 is 0 Å². The molecular formula is C13H11FN2O2. The Hall–Kier alpha value is -2.17. The maximum atomic E-state index is 13.1. The summed E-state index contributed by atoms with van der Waals surface area (Å²) in [6, 6.07) is 4.10. The number of rotatable bonds is 1. The van der Waals surface area contributed by atoms with Crippen LogP contribution in [-0.4, -0.2) is 16.4 Å². The molecule has 1 atom stereocenters. The SMILES string of the molecule is O=C1CCC(n2cc3ccc(F)cc3c2)C(=O)N1. The second kappa shape index (κ2) is 3.94. The Morgan fingerprint density at radius 2 is 2.00 bits per heavy atom. The zero-order valence-corrected chi connectivity index (χ0v) is 9.52. The Bertz CT molecular complexity index is 647. The lowest BCUT2D eigenvalue weighted by Gasteiger charge is -2.21. The lowest BCUT2D eigenvalue weighted by molar-refractivity contribution is -0.135. The van der Waals surface area contributed by atoms with E-state index in [1.807, 2.05) is 0 Å². The Morgan fingerprint density at radius 1 is 1.22 bits per heavy atom. The monoisotopic (exact) mass is 246 g/mol. The first kappa shape index (κ1) is 11.0. The molecule has 1 N–H and O–H groups in total. The lowest BCUT2D eigenvalue weighted by Crippen LogP contribution is -2.41. The third kappa shape index (κ3) is 1.77. The third-order valence-corrected chi connectivity index (χ3v) is 3.20. The Labute approximate surface area is 102 Å². The van der Waals surface area contributed by atoms with E-state index in [4.69, 9.17) is 0 Å². The number of hydrogen-bond acceptors (Lipinski definition) is 2. The van der Waals surface area contributed by atoms with Crippen molar-refractivity contribution in [2.24, 2.45) is 0 Å². The minimum absolute atomic E-state index is 0.237. The molecule has 0 radical (unpaired) electrons. The molecule has 0 saturated carbocycles. The molecular weight excluding hydrogens is 235 g/mol. The van der Waals surface area contributed by atoms with Gasteiger partial charge in [-0.1, -0.05) is 0 Å². The van der Waals surface area contributed by atoms with Crippen LogP contribution < -0.4 is 5.32 Å². The number of halogens is 1. The van der Waals surface area contributed by atoms with Crippen LogP contribution in [0.25, 0.3) is 10.8 Å². The van der Waals surface area contributed by atoms with Crippen molar-refractivity contribution in [2.75, 3.05) is 0 Å². The number of nitrogens with one attached hydrogen (secondary N) is 1. The highest BCUT2D eigenvalue weighted by Gasteiger charge is 2.27. The molecule has 0 spiro atoms. The van der Waals surface area contributed by atoms with E-state index in [2.05, 4.69) is 5.32 Å². The van der Waals surface area contributed by atoms with E-state index in [1.54, 1.807) is 23.0 Å². The van der Waals surface area contributed by atoms with Crippen LogP contribution in [-0.2, 0) is 9.59 Å². The van der Waals surface area contributed by atoms with Crippen molar-refractivity contribution >= 4 is 22.6 Å². The number of benzene rings is 1. The molecule has 1 unspecified atom stereocenters. The van der Waals surface area contributed by atoms with Gasteiger partial charge in [0, 0.05) is 24.2 Å². The first-order chi connectivity index (χ1) is 8.63. The molecule has 4 nitrogen and oxygen atoms in total. The van der Waals surface area contributed by atoms with E-state index in [0.29, 0.717) is 12.8 Å². The van der Waals surface area contributed by atoms with E-state index >= 15 is 0 Å². The first-order valence-corrected chi connectivity index (χ1v) is 5.74. The summed E-state index contributed by atoms with van der Waals surface area (Å²) >= 11 is 0. The maximum Gasteiger partial charge on any atom is 0.249 e. The van der Waals surface area contributed by atoms with E-state index < -0.39 is 6.04 Å². The maximum absolute atomic E-state index is 13.1. The number of piperidine rings is 1. The molecule has 1 aromatic heterocycles. The largest absolute Gasteiger partial charge is 0.341 e. The van der Waals surface area contributed by atoms with Crippen LogP contribution in [0.4, 0.5) is 4.39 Å². The van der Waals surface area contributed by atoms with Gasteiger partial charge in [-0.3, -0.25) is 14.9 Å². The summed E-state index contributed by atoms with van der Waals surface area (Å²) in [5.41, 5.74) is 0. The predicted molar refractivity (Wildman–Crippen MR) is 63.3 cm³/mol. The standard InChI is InChI=1S/C13H11FN2O2/c14-10-2-1-8-6-16(7-9(8)5-10)11-3-4-12(17)15-13(11)18/h1-2,5-7,11H,3-4H2,(H,15,17,18). The summed E-state index contributed by atoms with van der Waals surface area (Å²) in [6.45, 7) is 0. The zero-order valence-electron chi connectivity index (χ0n) is 9.52. The Kier molecular flexibility index (Phi) is 2.40. The van der Waals surface area contributed by atoms with Gasteiger partial charge in [0.25, 0.3) is 0 Å². The van der Waals surface area contributed by atoms with Gasteiger partial charge < -0.3 is 4.57 Å². The van der Waals surface area contributed by atoms with Crippen molar-refractivity contribution in [1.82, 2.24) is 9.88 Å². The fourth-order valence-corrected chi connectivity index (χ4v) is 2.28. The second-order valence-electron chi connectivity index (χ2n) is 4.45. The van der Waals surface area contributed by atoms with Crippen LogP contribution in [0.1, 0.15) is 18.9 Å². The molecule has 0 bridgehead atoms. The van der Waals surface area contributed by atoms with Crippen LogP contribution in [0, 0.1) is 5.82 Å². The van der Waals surface area contributed by atoms with Gasteiger partial charge in [-0.05, 0) is 30.0 Å². The molecule has 5 heteroatoms. The lowest BCUT2D eigenvalue weighted by atomic mass is 10.1. The predicted octanol–water partition coefficient (Wildman–Crippen LogP) is 1.76. The Morgan fingerprint density at radius 3 is 2.78 bits per heavy atom. The quantitative estimate of drug-likeness (QED) is 0.779. The molecule has 2 amide bonds. The van der Waals surface area contributed by atoms with Crippen LogP contribution in [0.5, 0.6) is 0 Å². The highest BCUT2D eigenvalue weighted by atomic mass is 19.1. The summed E-state index contributed by atoms with van der Waals surface area (Å²) in [7, 11) is 0. The molecule has 2 heterocycles. The number of hydrogen-bond donors (Lipinski definition) is 1. The summed E-state index contributed by atoms with van der Waals surface area (Å²) in [4.78, 5) is 22.8. The normalized spacial score (nSPS) is 20.2. The molecule has 18 heavy (non-hydrogen) atoms. The molecule has 3 rings (SSSR count). The first-order valence-electron chi connectivity index (χ1n) is 5.74. The average Bonchev–Trinajstić information content (AvgIpc) is 2.71.